The molecule has 1 aromatic carbocycles. The molecule has 1 aromatic rings. The van der Waals surface area contributed by atoms with E-state index in [1.165, 1.54) is 0 Å². The van der Waals surface area contributed by atoms with Crippen molar-refractivity contribution in [2.75, 3.05) is 33.9 Å². The van der Waals surface area contributed by atoms with E-state index < -0.39 is 0 Å². The molecule has 0 bridgehead atoms. The van der Waals surface area contributed by atoms with Crippen molar-refractivity contribution < 1.29 is 24.2 Å². The molecule has 0 aliphatic rings. The Bertz CT molecular complexity index is 534. The van der Waals surface area contributed by atoms with Gasteiger partial charge in [0.2, 0.25) is 11.8 Å². The number of aliphatic hydroxyl groups excluding tert-OH is 1. The monoisotopic (exact) mass is 338 g/mol. The zero-order chi connectivity index (χ0) is 17.8. The van der Waals surface area contributed by atoms with Gasteiger partial charge >= 0.3 is 0 Å². The highest BCUT2D eigenvalue weighted by Gasteiger charge is 2.07. The maximum atomic E-state index is 11.7. The van der Waals surface area contributed by atoms with Gasteiger partial charge < -0.3 is 25.2 Å². The Balaban J connectivity index is 2.27. The second-order valence-electron chi connectivity index (χ2n) is 5.22. The van der Waals surface area contributed by atoms with E-state index >= 15 is 0 Å². The Labute approximate surface area is 142 Å². The first-order valence-electron chi connectivity index (χ1n) is 7.96. The summed E-state index contributed by atoms with van der Waals surface area (Å²) in [4.78, 5) is 23.2. The lowest BCUT2D eigenvalue weighted by Crippen LogP contribution is -2.29. The van der Waals surface area contributed by atoms with Gasteiger partial charge in [-0.1, -0.05) is 6.07 Å². The lowest BCUT2D eigenvalue weighted by Gasteiger charge is -2.10. The van der Waals surface area contributed by atoms with Crippen LogP contribution in [0.1, 0.15) is 24.8 Å². The molecule has 0 fully saturated rings. The van der Waals surface area contributed by atoms with Crippen molar-refractivity contribution in [3.8, 4) is 11.5 Å². The minimum atomic E-state index is -0.182. The van der Waals surface area contributed by atoms with Crippen LogP contribution >= 0.6 is 0 Å². The highest BCUT2D eigenvalue weighted by Crippen LogP contribution is 2.27. The first kappa shape index (κ1) is 19.8. The highest BCUT2D eigenvalue weighted by atomic mass is 16.5. The van der Waals surface area contributed by atoms with E-state index in [2.05, 4.69) is 10.6 Å². The van der Waals surface area contributed by atoms with E-state index in [0.717, 1.165) is 5.56 Å². The third-order valence-electron chi connectivity index (χ3n) is 3.42. The summed E-state index contributed by atoms with van der Waals surface area (Å²) >= 11 is 0. The first-order valence-corrected chi connectivity index (χ1v) is 7.96. The van der Waals surface area contributed by atoms with E-state index in [-0.39, 0.29) is 31.3 Å². The summed E-state index contributed by atoms with van der Waals surface area (Å²) in [6, 6.07) is 5.62. The molecule has 0 atom stereocenters. The SMILES string of the molecule is COc1ccc(CCNC(=O)CCC(=O)NCCCO)cc1OC. The number of aliphatic hydroxyl groups is 1. The van der Waals surface area contributed by atoms with Crippen molar-refractivity contribution >= 4 is 11.8 Å². The van der Waals surface area contributed by atoms with Gasteiger partial charge in [0.05, 0.1) is 14.2 Å². The van der Waals surface area contributed by atoms with Gasteiger partial charge in [-0.15, -0.1) is 0 Å². The van der Waals surface area contributed by atoms with E-state index in [0.29, 0.717) is 37.4 Å². The molecule has 0 saturated carbocycles. The van der Waals surface area contributed by atoms with Crippen molar-refractivity contribution in [3.63, 3.8) is 0 Å². The topological polar surface area (TPSA) is 96.9 Å². The summed E-state index contributed by atoms with van der Waals surface area (Å²) in [6.45, 7) is 0.952. The fourth-order valence-electron chi connectivity index (χ4n) is 2.09. The summed E-state index contributed by atoms with van der Waals surface area (Å²) in [5.74, 6) is 0.977. The molecule has 0 radical (unpaired) electrons. The molecule has 24 heavy (non-hydrogen) atoms. The van der Waals surface area contributed by atoms with Crippen LogP contribution in [-0.4, -0.2) is 50.8 Å². The maximum absolute atomic E-state index is 11.7. The lowest BCUT2D eigenvalue weighted by molar-refractivity contribution is -0.126. The van der Waals surface area contributed by atoms with Crippen LogP contribution in [0.4, 0.5) is 0 Å². The second kappa shape index (κ2) is 11.3. The third kappa shape index (κ3) is 7.32. The summed E-state index contributed by atoms with van der Waals surface area (Å²) < 4.78 is 10.4. The van der Waals surface area contributed by atoms with Crippen molar-refractivity contribution in [2.45, 2.75) is 25.7 Å². The number of hydrogen-bond donors (Lipinski definition) is 3. The normalized spacial score (nSPS) is 10.1. The van der Waals surface area contributed by atoms with Gasteiger partial charge in [0.15, 0.2) is 11.5 Å². The predicted octanol–water partition coefficient (Wildman–Crippen LogP) is 0.641. The van der Waals surface area contributed by atoms with Gasteiger partial charge in [0.25, 0.3) is 0 Å². The molecular formula is C17H26N2O5. The van der Waals surface area contributed by atoms with Crippen molar-refractivity contribution in [1.82, 2.24) is 10.6 Å². The lowest BCUT2D eigenvalue weighted by atomic mass is 10.1. The van der Waals surface area contributed by atoms with E-state index in [1.807, 2.05) is 18.2 Å². The number of carbonyl (C=O) groups excluding carboxylic acids is 2. The number of amides is 2. The Hall–Kier alpha value is -2.28. The van der Waals surface area contributed by atoms with Crippen LogP contribution in [0.3, 0.4) is 0 Å². The molecule has 0 saturated heterocycles. The van der Waals surface area contributed by atoms with Gasteiger partial charge in [-0.25, -0.2) is 0 Å². The maximum Gasteiger partial charge on any atom is 0.220 e. The summed E-state index contributed by atoms with van der Waals surface area (Å²) in [5, 5.41) is 14.0. The molecule has 7 nitrogen and oxygen atoms in total. The number of methoxy groups -OCH3 is 2. The number of carbonyl (C=O) groups is 2. The molecule has 2 amide bonds. The average Bonchev–Trinajstić information content (AvgIpc) is 2.60. The molecule has 0 aliphatic carbocycles. The molecule has 3 N–H and O–H groups in total. The van der Waals surface area contributed by atoms with E-state index in [9.17, 15) is 9.59 Å². The zero-order valence-electron chi connectivity index (χ0n) is 14.3. The number of hydrogen-bond acceptors (Lipinski definition) is 5. The third-order valence-corrected chi connectivity index (χ3v) is 3.42. The molecular weight excluding hydrogens is 312 g/mol. The molecule has 134 valence electrons. The Morgan fingerprint density at radius 2 is 1.62 bits per heavy atom. The van der Waals surface area contributed by atoms with Crippen LogP contribution in [0, 0.1) is 0 Å². The van der Waals surface area contributed by atoms with Crippen LogP contribution in [0.5, 0.6) is 11.5 Å². The summed E-state index contributed by atoms with van der Waals surface area (Å²) in [7, 11) is 3.16. The van der Waals surface area contributed by atoms with Crippen molar-refractivity contribution in [3.05, 3.63) is 23.8 Å². The second-order valence-corrected chi connectivity index (χ2v) is 5.22. The van der Waals surface area contributed by atoms with Crippen LogP contribution in [-0.2, 0) is 16.0 Å². The average molecular weight is 338 g/mol. The Morgan fingerprint density at radius 3 is 2.21 bits per heavy atom. The minimum absolute atomic E-state index is 0.0386. The van der Waals surface area contributed by atoms with Crippen LogP contribution in [0.25, 0.3) is 0 Å². The van der Waals surface area contributed by atoms with Crippen molar-refractivity contribution in [2.24, 2.45) is 0 Å². The molecule has 0 aliphatic heterocycles. The van der Waals surface area contributed by atoms with E-state index in [1.54, 1.807) is 14.2 Å². The van der Waals surface area contributed by atoms with Gasteiger partial charge in [0.1, 0.15) is 0 Å². The largest absolute Gasteiger partial charge is 0.493 e. The highest BCUT2D eigenvalue weighted by molar-refractivity contribution is 5.83. The molecule has 7 heteroatoms. The predicted molar refractivity (Wildman–Crippen MR) is 90.2 cm³/mol. The quantitative estimate of drug-likeness (QED) is 0.515. The molecule has 0 unspecified atom stereocenters. The Morgan fingerprint density at radius 1 is 1.00 bits per heavy atom. The number of rotatable bonds is 11. The van der Waals surface area contributed by atoms with Crippen molar-refractivity contribution in [1.29, 1.82) is 0 Å². The minimum Gasteiger partial charge on any atom is -0.493 e. The van der Waals surface area contributed by atoms with Gasteiger partial charge in [-0.3, -0.25) is 9.59 Å². The number of ether oxygens (including phenoxy) is 2. The van der Waals surface area contributed by atoms with Gasteiger partial charge in [0, 0.05) is 32.5 Å². The fourth-order valence-corrected chi connectivity index (χ4v) is 2.09. The Kier molecular flexibility index (Phi) is 9.29. The van der Waals surface area contributed by atoms with Gasteiger partial charge in [-0.05, 0) is 30.5 Å². The molecule has 0 aromatic heterocycles. The van der Waals surface area contributed by atoms with Gasteiger partial charge in [-0.2, -0.15) is 0 Å². The first-order chi connectivity index (χ1) is 11.6. The van der Waals surface area contributed by atoms with Crippen LogP contribution in [0.2, 0.25) is 0 Å². The zero-order valence-corrected chi connectivity index (χ0v) is 14.3. The molecule has 0 spiro atoms. The van der Waals surface area contributed by atoms with Crippen LogP contribution in [0.15, 0.2) is 18.2 Å². The van der Waals surface area contributed by atoms with Crippen LogP contribution < -0.4 is 20.1 Å². The van der Waals surface area contributed by atoms with E-state index in [4.69, 9.17) is 14.6 Å². The summed E-state index contributed by atoms with van der Waals surface area (Å²) in [5.41, 5.74) is 1.02. The summed E-state index contributed by atoms with van der Waals surface area (Å²) in [6.07, 6.45) is 1.47. The smallest absolute Gasteiger partial charge is 0.220 e. The fraction of sp³-hybridized carbons (Fsp3) is 0.529. The standard InChI is InChI=1S/C17H26N2O5/c1-23-14-5-4-13(12-15(14)24-2)8-10-19-17(22)7-6-16(21)18-9-3-11-20/h4-5,12,20H,3,6-11H2,1-2H3,(H,18,21)(H,19,22). The molecule has 0 heterocycles. The molecule has 1 rings (SSSR count). The number of nitrogens with one attached hydrogen (secondary N) is 2. The number of benzene rings is 1.